The molecule has 0 spiro atoms. The van der Waals surface area contributed by atoms with E-state index in [0.29, 0.717) is 16.7 Å². The van der Waals surface area contributed by atoms with Crippen molar-refractivity contribution in [2.24, 2.45) is 0 Å². The van der Waals surface area contributed by atoms with Gasteiger partial charge < -0.3 is 5.32 Å². The van der Waals surface area contributed by atoms with E-state index in [-0.39, 0.29) is 5.69 Å². The van der Waals surface area contributed by atoms with Crippen LogP contribution in [0.3, 0.4) is 0 Å². The summed E-state index contributed by atoms with van der Waals surface area (Å²) in [6.45, 7) is 5.35. The average molecular weight is 312 g/mol. The van der Waals surface area contributed by atoms with Crippen molar-refractivity contribution >= 4 is 16.5 Å². The lowest BCUT2D eigenvalue weighted by Crippen LogP contribution is -2.26. The van der Waals surface area contributed by atoms with Gasteiger partial charge in [0.05, 0.1) is 15.7 Å². The van der Waals surface area contributed by atoms with Crippen LogP contribution in [0, 0.1) is 10.1 Å². The van der Waals surface area contributed by atoms with Gasteiger partial charge in [-0.15, -0.1) is 0 Å². The second kappa shape index (κ2) is 9.63. The summed E-state index contributed by atoms with van der Waals surface area (Å²) in [7, 11) is -1.07. The zero-order valence-corrected chi connectivity index (χ0v) is 13.5. The highest BCUT2D eigenvalue weighted by atomic mass is 32.2. The fourth-order valence-electron chi connectivity index (χ4n) is 2.01. The van der Waals surface area contributed by atoms with Crippen molar-refractivity contribution in [3.05, 3.63) is 34.4 Å². The molecule has 0 aliphatic carbocycles. The fraction of sp³-hybridized carbons (Fsp3) is 0.600. The molecule has 1 N–H and O–H groups in total. The third kappa shape index (κ3) is 6.82. The van der Waals surface area contributed by atoms with Gasteiger partial charge in [0.2, 0.25) is 0 Å². The molecule has 118 valence electrons. The molecule has 0 amide bonds. The van der Waals surface area contributed by atoms with E-state index in [2.05, 4.69) is 19.2 Å². The summed E-state index contributed by atoms with van der Waals surface area (Å²) in [5, 5.41) is 14.0. The normalized spacial score (nSPS) is 13.8. The lowest BCUT2D eigenvalue weighted by Gasteiger charge is -2.12. The molecule has 5 nitrogen and oxygen atoms in total. The predicted octanol–water partition coefficient (Wildman–Crippen LogP) is 3.26. The van der Waals surface area contributed by atoms with Crippen LogP contribution in [0.15, 0.2) is 29.2 Å². The monoisotopic (exact) mass is 312 g/mol. The van der Waals surface area contributed by atoms with E-state index in [4.69, 9.17) is 0 Å². The van der Waals surface area contributed by atoms with Gasteiger partial charge in [-0.25, -0.2) is 0 Å². The van der Waals surface area contributed by atoms with Crippen LogP contribution in [0.2, 0.25) is 0 Å². The molecule has 0 aromatic heterocycles. The highest BCUT2D eigenvalue weighted by molar-refractivity contribution is 7.85. The first-order valence-corrected chi connectivity index (χ1v) is 8.72. The van der Waals surface area contributed by atoms with Crippen LogP contribution in [0.4, 0.5) is 5.69 Å². The van der Waals surface area contributed by atoms with E-state index in [1.807, 2.05) is 0 Å². The van der Waals surface area contributed by atoms with Crippen LogP contribution in [0.1, 0.15) is 39.5 Å². The summed E-state index contributed by atoms with van der Waals surface area (Å²) in [5.41, 5.74) is 0.0339. The topological polar surface area (TPSA) is 72.2 Å². The smallest absolute Gasteiger partial charge is 0.269 e. The van der Waals surface area contributed by atoms with Crippen LogP contribution >= 0.6 is 0 Å². The molecule has 0 saturated heterocycles. The van der Waals surface area contributed by atoms with Gasteiger partial charge in [0.25, 0.3) is 5.69 Å². The van der Waals surface area contributed by atoms with E-state index in [1.165, 1.54) is 12.1 Å². The summed E-state index contributed by atoms with van der Waals surface area (Å²) in [6, 6.07) is 6.48. The Bertz CT molecular complexity index is 462. The minimum Gasteiger partial charge on any atom is -0.314 e. The average Bonchev–Trinajstić information content (AvgIpc) is 2.49. The number of hydrogen-bond acceptors (Lipinski definition) is 4. The van der Waals surface area contributed by atoms with Gasteiger partial charge >= 0.3 is 0 Å². The van der Waals surface area contributed by atoms with E-state index >= 15 is 0 Å². The number of nitrogens with zero attached hydrogens (tertiary/aromatic N) is 1. The van der Waals surface area contributed by atoms with Crippen LogP contribution < -0.4 is 5.32 Å². The van der Waals surface area contributed by atoms with Gasteiger partial charge in [-0.05, 0) is 44.9 Å². The Morgan fingerprint density at radius 3 is 2.52 bits per heavy atom. The van der Waals surface area contributed by atoms with Crippen molar-refractivity contribution in [2.75, 3.05) is 12.3 Å². The molecule has 1 rings (SSSR count). The number of nitrogens with one attached hydrogen (secondary N) is 1. The SMILES string of the molecule is CCCNC(C)CCCCS(=O)c1ccc([N+](=O)[O-])cc1. The Morgan fingerprint density at radius 1 is 1.29 bits per heavy atom. The van der Waals surface area contributed by atoms with Gasteiger partial charge in [-0.3, -0.25) is 14.3 Å². The summed E-state index contributed by atoms with van der Waals surface area (Å²) in [4.78, 5) is 10.8. The minimum atomic E-state index is -1.07. The van der Waals surface area contributed by atoms with Gasteiger partial charge in [0.15, 0.2) is 0 Å². The summed E-state index contributed by atoms with van der Waals surface area (Å²) >= 11 is 0. The zero-order valence-electron chi connectivity index (χ0n) is 12.7. The lowest BCUT2D eigenvalue weighted by molar-refractivity contribution is -0.384. The number of nitro groups is 1. The van der Waals surface area contributed by atoms with Crippen molar-refractivity contribution < 1.29 is 9.13 Å². The molecule has 0 saturated carbocycles. The molecular weight excluding hydrogens is 288 g/mol. The summed E-state index contributed by atoms with van der Waals surface area (Å²) in [6.07, 6.45) is 4.16. The molecule has 0 fully saturated rings. The standard InChI is InChI=1S/C15H24N2O3S/c1-3-11-16-13(2)6-4-5-12-21(20)15-9-7-14(8-10-15)17(18)19/h7-10,13,16H,3-6,11-12H2,1-2H3. The number of hydrogen-bond donors (Lipinski definition) is 1. The largest absolute Gasteiger partial charge is 0.314 e. The first kappa shape index (κ1) is 17.8. The molecule has 0 radical (unpaired) electrons. The molecule has 0 aliphatic rings. The number of benzene rings is 1. The Kier molecular flexibility index (Phi) is 8.15. The minimum absolute atomic E-state index is 0.0339. The molecule has 0 heterocycles. The molecular formula is C15H24N2O3S. The Morgan fingerprint density at radius 2 is 1.95 bits per heavy atom. The second-order valence-electron chi connectivity index (χ2n) is 5.15. The van der Waals surface area contributed by atoms with Crippen LogP contribution in [-0.4, -0.2) is 27.5 Å². The first-order chi connectivity index (χ1) is 10.0. The molecule has 2 atom stereocenters. The van der Waals surface area contributed by atoms with E-state index in [9.17, 15) is 14.3 Å². The highest BCUT2D eigenvalue weighted by Crippen LogP contribution is 2.15. The number of non-ortho nitro benzene ring substituents is 1. The Balaban J connectivity index is 2.29. The lowest BCUT2D eigenvalue weighted by atomic mass is 10.1. The Hall–Kier alpha value is -1.27. The molecule has 1 aromatic carbocycles. The maximum absolute atomic E-state index is 12.1. The number of nitro benzene ring substituents is 1. The fourth-order valence-corrected chi connectivity index (χ4v) is 3.16. The quantitative estimate of drug-likeness (QED) is 0.409. The summed E-state index contributed by atoms with van der Waals surface area (Å²) < 4.78 is 12.1. The van der Waals surface area contributed by atoms with E-state index < -0.39 is 15.7 Å². The molecule has 2 unspecified atom stereocenters. The van der Waals surface area contributed by atoms with E-state index in [0.717, 1.165) is 32.2 Å². The maximum atomic E-state index is 12.1. The van der Waals surface area contributed by atoms with Crippen molar-refractivity contribution in [3.8, 4) is 0 Å². The van der Waals surface area contributed by atoms with Gasteiger partial charge in [-0.2, -0.15) is 0 Å². The van der Waals surface area contributed by atoms with Crippen LogP contribution in [0.25, 0.3) is 0 Å². The Labute approximate surface area is 128 Å². The first-order valence-electron chi connectivity index (χ1n) is 7.40. The van der Waals surface area contributed by atoms with Crippen molar-refractivity contribution in [3.63, 3.8) is 0 Å². The highest BCUT2D eigenvalue weighted by Gasteiger charge is 2.08. The molecule has 21 heavy (non-hydrogen) atoms. The second-order valence-corrected chi connectivity index (χ2v) is 6.72. The van der Waals surface area contributed by atoms with Crippen molar-refractivity contribution in [1.29, 1.82) is 0 Å². The molecule has 0 aliphatic heterocycles. The number of rotatable bonds is 10. The maximum Gasteiger partial charge on any atom is 0.269 e. The van der Waals surface area contributed by atoms with Crippen molar-refractivity contribution in [2.45, 2.75) is 50.5 Å². The molecule has 6 heteroatoms. The van der Waals surface area contributed by atoms with Gasteiger partial charge in [0, 0.05) is 28.8 Å². The third-order valence-corrected chi connectivity index (χ3v) is 4.73. The van der Waals surface area contributed by atoms with E-state index in [1.54, 1.807) is 12.1 Å². The molecule has 1 aromatic rings. The number of unbranched alkanes of at least 4 members (excludes halogenated alkanes) is 1. The predicted molar refractivity (Wildman–Crippen MR) is 86.0 cm³/mol. The van der Waals surface area contributed by atoms with Crippen LogP contribution in [0.5, 0.6) is 0 Å². The summed E-state index contributed by atoms with van der Waals surface area (Å²) in [5.74, 6) is 0.609. The molecule has 0 bridgehead atoms. The van der Waals surface area contributed by atoms with Crippen molar-refractivity contribution in [1.82, 2.24) is 5.32 Å². The van der Waals surface area contributed by atoms with Gasteiger partial charge in [-0.1, -0.05) is 13.3 Å². The van der Waals surface area contributed by atoms with Crippen LogP contribution in [-0.2, 0) is 10.8 Å². The zero-order chi connectivity index (χ0) is 15.7. The van der Waals surface area contributed by atoms with Gasteiger partial charge in [0.1, 0.15) is 0 Å². The third-order valence-electron chi connectivity index (χ3n) is 3.27.